The molecule has 1 amide bonds. The van der Waals surface area contributed by atoms with Gasteiger partial charge in [-0.05, 0) is 51.6 Å². The van der Waals surface area contributed by atoms with Gasteiger partial charge in [0.15, 0.2) is 0 Å². The number of hydrogen-bond donors (Lipinski definition) is 1. The van der Waals surface area contributed by atoms with E-state index in [0.717, 1.165) is 29.9 Å². The molecule has 128 valence electrons. The lowest BCUT2D eigenvalue weighted by molar-refractivity contribution is 0.0932. The highest BCUT2D eigenvalue weighted by molar-refractivity contribution is 5.94. The highest BCUT2D eigenvalue weighted by atomic mass is 19.1. The summed E-state index contributed by atoms with van der Waals surface area (Å²) in [5.41, 5.74) is 2.90. The van der Waals surface area contributed by atoms with Crippen LogP contribution in [0.3, 0.4) is 0 Å². The molecule has 24 heavy (non-hydrogen) atoms. The van der Waals surface area contributed by atoms with E-state index in [4.69, 9.17) is 4.52 Å². The van der Waals surface area contributed by atoms with Gasteiger partial charge in [-0.25, -0.2) is 4.39 Å². The third kappa shape index (κ3) is 3.48. The second-order valence-electron chi connectivity index (χ2n) is 6.65. The largest absolute Gasteiger partial charge is 0.361 e. The molecule has 1 atom stereocenters. The van der Waals surface area contributed by atoms with Crippen molar-refractivity contribution in [2.45, 2.75) is 38.8 Å². The van der Waals surface area contributed by atoms with E-state index in [9.17, 15) is 9.18 Å². The number of hydrogen-bond acceptors (Lipinski definition) is 4. The van der Waals surface area contributed by atoms with E-state index in [1.54, 1.807) is 19.1 Å². The van der Waals surface area contributed by atoms with Crippen molar-refractivity contribution in [3.8, 4) is 0 Å². The van der Waals surface area contributed by atoms with E-state index in [-0.39, 0.29) is 17.8 Å². The van der Waals surface area contributed by atoms with Gasteiger partial charge in [0.25, 0.3) is 5.91 Å². The molecule has 0 saturated heterocycles. The Morgan fingerprint density at radius 3 is 2.96 bits per heavy atom. The fourth-order valence-electron chi connectivity index (χ4n) is 3.01. The molecule has 1 aromatic heterocycles. The summed E-state index contributed by atoms with van der Waals surface area (Å²) in [4.78, 5) is 14.4. The Balaban J connectivity index is 1.70. The van der Waals surface area contributed by atoms with Gasteiger partial charge in [-0.15, -0.1) is 0 Å². The lowest BCUT2D eigenvalue weighted by Crippen LogP contribution is -2.39. The van der Waals surface area contributed by atoms with Crippen LogP contribution in [0.15, 0.2) is 22.7 Å². The van der Waals surface area contributed by atoms with Crippen molar-refractivity contribution in [2.75, 3.05) is 14.1 Å². The van der Waals surface area contributed by atoms with Crippen LogP contribution >= 0.6 is 0 Å². The Hall–Kier alpha value is -2.21. The van der Waals surface area contributed by atoms with E-state index in [1.807, 2.05) is 19.0 Å². The minimum atomic E-state index is -0.360. The Morgan fingerprint density at radius 2 is 2.25 bits per heavy atom. The molecule has 1 N–H and O–H groups in total. The maximum atomic E-state index is 13.6. The van der Waals surface area contributed by atoms with Crippen LogP contribution < -0.4 is 5.32 Å². The highest BCUT2D eigenvalue weighted by Crippen LogP contribution is 2.25. The number of halogens is 1. The smallest absolute Gasteiger partial charge is 0.251 e. The SMILES string of the molecule is Cc1ccc(C(=O)NC2CCc3onc(CN(C)C)c3C2)cc1F. The minimum absolute atomic E-state index is 0.00896. The van der Waals surface area contributed by atoms with Crippen LogP contribution in [0.25, 0.3) is 0 Å². The van der Waals surface area contributed by atoms with Crippen LogP contribution in [0.4, 0.5) is 4.39 Å². The average Bonchev–Trinajstić information content (AvgIpc) is 2.92. The average molecular weight is 331 g/mol. The van der Waals surface area contributed by atoms with Crippen LogP contribution in [0, 0.1) is 12.7 Å². The van der Waals surface area contributed by atoms with E-state index in [2.05, 4.69) is 10.5 Å². The van der Waals surface area contributed by atoms with Gasteiger partial charge in [-0.1, -0.05) is 11.2 Å². The molecule has 3 rings (SSSR count). The molecule has 0 aliphatic heterocycles. The molecule has 2 aromatic rings. The quantitative estimate of drug-likeness (QED) is 0.935. The number of benzene rings is 1. The number of amides is 1. The van der Waals surface area contributed by atoms with E-state index >= 15 is 0 Å². The van der Waals surface area contributed by atoms with Crippen LogP contribution in [-0.4, -0.2) is 36.1 Å². The number of carbonyl (C=O) groups is 1. The highest BCUT2D eigenvalue weighted by Gasteiger charge is 2.27. The van der Waals surface area contributed by atoms with Gasteiger partial charge < -0.3 is 14.7 Å². The fraction of sp³-hybridized carbons (Fsp3) is 0.444. The van der Waals surface area contributed by atoms with Crippen LogP contribution in [0.5, 0.6) is 0 Å². The van der Waals surface area contributed by atoms with Crippen molar-refractivity contribution in [2.24, 2.45) is 0 Å². The van der Waals surface area contributed by atoms with Crippen molar-refractivity contribution in [3.05, 3.63) is 52.2 Å². The van der Waals surface area contributed by atoms with Crippen LogP contribution in [0.2, 0.25) is 0 Å². The zero-order valence-electron chi connectivity index (χ0n) is 14.2. The molecular weight excluding hydrogens is 309 g/mol. The van der Waals surface area contributed by atoms with Gasteiger partial charge in [0.2, 0.25) is 0 Å². The van der Waals surface area contributed by atoms with Gasteiger partial charge in [0.05, 0.1) is 0 Å². The van der Waals surface area contributed by atoms with Gasteiger partial charge in [-0.2, -0.15) is 0 Å². The van der Waals surface area contributed by atoms with Gasteiger partial charge in [0.1, 0.15) is 17.3 Å². The summed E-state index contributed by atoms with van der Waals surface area (Å²) < 4.78 is 19.1. The first-order chi connectivity index (χ1) is 11.4. The first-order valence-electron chi connectivity index (χ1n) is 8.12. The van der Waals surface area contributed by atoms with E-state index in [0.29, 0.717) is 24.1 Å². The van der Waals surface area contributed by atoms with Crippen molar-refractivity contribution in [1.29, 1.82) is 0 Å². The summed E-state index contributed by atoms with van der Waals surface area (Å²) in [6, 6.07) is 4.57. The number of aromatic nitrogens is 1. The minimum Gasteiger partial charge on any atom is -0.361 e. The number of aryl methyl sites for hydroxylation is 2. The maximum Gasteiger partial charge on any atom is 0.251 e. The number of rotatable bonds is 4. The second kappa shape index (κ2) is 6.73. The van der Waals surface area contributed by atoms with Crippen molar-refractivity contribution < 1.29 is 13.7 Å². The normalized spacial score (nSPS) is 17.0. The molecule has 0 radical (unpaired) electrons. The second-order valence-corrected chi connectivity index (χ2v) is 6.65. The van der Waals surface area contributed by atoms with Gasteiger partial charge in [-0.3, -0.25) is 4.79 Å². The summed E-state index contributed by atoms with van der Waals surface area (Å²) in [5.74, 6) is 0.313. The monoisotopic (exact) mass is 331 g/mol. The molecule has 1 heterocycles. The first-order valence-corrected chi connectivity index (χ1v) is 8.12. The Kier molecular flexibility index (Phi) is 4.66. The summed E-state index contributed by atoms with van der Waals surface area (Å²) in [5, 5.41) is 7.16. The van der Waals surface area contributed by atoms with Crippen LogP contribution in [-0.2, 0) is 19.4 Å². The molecule has 0 fully saturated rings. The Bertz CT molecular complexity index is 755. The lowest BCUT2D eigenvalue weighted by Gasteiger charge is -2.23. The predicted molar refractivity (Wildman–Crippen MR) is 88.3 cm³/mol. The molecule has 1 unspecified atom stereocenters. The van der Waals surface area contributed by atoms with Gasteiger partial charge in [0, 0.05) is 30.1 Å². The summed E-state index contributed by atoms with van der Waals surface area (Å²) in [6.45, 7) is 2.39. The molecule has 0 spiro atoms. The molecule has 5 nitrogen and oxygen atoms in total. The standard InChI is InChI=1S/C18H22FN3O2/c1-11-4-5-12(8-15(11)19)18(23)20-13-6-7-17-14(9-13)16(21-24-17)10-22(2)3/h4-5,8,13H,6-7,9-10H2,1-3H3,(H,20,23). The molecule has 1 aromatic carbocycles. The summed E-state index contributed by atoms with van der Waals surface area (Å²) in [6.07, 6.45) is 2.24. The summed E-state index contributed by atoms with van der Waals surface area (Å²) >= 11 is 0. The molecular formula is C18H22FN3O2. The lowest BCUT2D eigenvalue weighted by atomic mass is 9.91. The maximum absolute atomic E-state index is 13.6. The topological polar surface area (TPSA) is 58.4 Å². The summed E-state index contributed by atoms with van der Waals surface area (Å²) in [7, 11) is 3.96. The zero-order chi connectivity index (χ0) is 17.3. The Morgan fingerprint density at radius 1 is 1.46 bits per heavy atom. The first kappa shape index (κ1) is 16.6. The number of nitrogens with one attached hydrogen (secondary N) is 1. The molecule has 1 aliphatic rings. The molecule has 0 saturated carbocycles. The number of nitrogens with zero attached hydrogens (tertiary/aromatic N) is 2. The van der Waals surface area contributed by atoms with Crippen molar-refractivity contribution >= 4 is 5.91 Å². The Labute approximate surface area is 140 Å². The van der Waals surface area contributed by atoms with Crippen molar-refractivity contribution in [1.82, 2.24) is 15.4 Å². The number of carbonyl (C=O) groups excluding carboxylic acids is 1. The van der Waals surface area contributed by atoms with Gasteiger partial charge >= 0.3 is 0 Å². The zero-order valence-corrected chi connectivity index (χ0v) is 14.2. The molecule has 6 heteroatoms. The fourth-order valence-corrected chi connectivity index (χ4v) is 3.01. The third-order valence-electron chi connectivity index (χ3n) is 4.36. The van der Waals surface area contributed by atoms with Crippen molar-refractivity contribution in [3.63, 3.8) is 0 Å². The van der Waals surface area contributed by atoms with E-state index < -0.39 is 0 Å². The van der Waals surface area contributed by atoms with Crippen LogP contribution in [0.1, 0.15) is 39.4 Å². The molecule has 1 aliphatic carbocycles. The third-order valence-corrected chi connectivity index (χ3v) is 4.36. The predicted octanol–water partition coefficient (Wildman–Crippen LogP) is 2.47. The number of fused-ring (bicyclic) bond motifs is 1. The van der Waals surface area contributed by atoms with E-state index in [1.165, 1.54) is 6.07 Å². The molecule has 0 bridgehead atoms.